The van der Waals surface area contributed by atoms with Crippen molar-refractivity contribution < 1.29 is 24.5 Å². The molecule has 0 saturated carbocycles. The van der Waals surface area contributed by atoms with E-state index in [9.17, 15) is 9.90 Å². The number of aliphatic carboxylic acids is 1. The van der Waals surface area contributed by atoms with Gasteiger partial charge in [-0.2, -0.15) is 0 Å². The van der Waals surface area contributed by atoms with E-state index in [-0.39, 0.29) is 19.3 Å². The molecule has 35 heavy (non-hydrogen) atoms. The van der Waals surface area contributed by atoms with Gasteiger partial charge in [0.05, 0.1) is 25.4 Å². The second-order valence-corrected chi connectivity index (χ2v) is 10.5. The molecular formula is C30H60O5. The summed E-state index contributed by atoms with van der Waals surface area (Å²) in [5.41, 5.74) is 0. The first-order valence-corrected chi connectivity index (χ1v) is 15.2. The fraction of sp³-hybridized carbons (Fsp3) is 0.967. The Morgan fingerprint density at radius 3 is 1.43 bits per heavy atom. The Hall–Kier alpha value is -0.650. The monoisotopic (exact) mass is 500 g/mol. The number of aliphatic hydroxyl groups is 1. The molecule has 5 nitrogen and oxygen atoms in total. The van der Waals surface area contributed by atoms with E-state index in [1.54, 1.807) is 0 Å². The van der Waals surface area contributed by atoms with E-state index >= 15 is 0 Å². The zero-order chi connectivity index (χ0) is 25.8. The van der Waals surface area contributed by atoms with Crippen molar-refractivity contribution in [1.29, 1.82) is 0 Å². The molecular weight excluding hydrogens is 440 g/mol. The average molecular weight is 501 g/mol. The van der Waals surface area contributed by atoms with Gasteiger partial charge in [0.1, 0.15) is 6.61 Å². The van der Waals surface area contributed by atoms with Crippen LogP contribution >= 0.6 is 0 Å². The first-order valence-electron chi connectivity index (χ1n) is 15.2. The maximum Gasteiger partial charge on any atom is 0.329 e. The molecule has 0 aromatic carbocycles. The van der Waals surface area contributed by atoms with Gasteiger partial charge in [-0.15, -0.1) is 0 Å². The van der Waals surface area contributed by atoms with E-state index in [1.807, 2.05) is 0 Å². The normalized spacial score (nSPS) is 13.2. The molecule has 0 fully saturated rings. The van der Waals surface area contributed by atoms with Gasteiger partial charge in [0.15, 0.2) is 0 Å². The Balaban J connectivity index is 3.84. The highest BCUT2D eigenvalue weighted by atomic mass is 16.5. The molecule has 2 atom stereocenters. The third kappa shape index (κ3) is 27.8. The minimum Gasteiger partial charge on any atom is -0.480 e. The summed E-state index contributed by atoms with van der Waals surface area (Å²) in [6.07, 6.45) is 26.8. The molecule has 0 radical (unpaired) electrons. The van der Waals surface area contributed by atoms with Crippen LogP contribution in [-0.2, 0) is 14.3 Å². The van der Waals surface area contributed by atoms with E-state index in [1.165, 1.54) is 116 Å². The lowest BCUT2D eigenvalue weighted by atomic mass is 10.0. The summed E-state index contributed by atoms with van der Waals surface area (Å²) < 4.78 is 11.2. The van der Waals surface area contributed by atoms with Crippen LogP contribution in [0.15, 0.2) is 0 Å². The summed E-state index contributed by atoms with van der Waals surface area (Å²) in [5.74, 6) is -0.955. The van der Waals surface area contributed by atoms with Crippen LogP contribution < -0.4 is 0 Å². The summed E-state index contributed by atoms with van der Waals surface area (Å²) >= 11 is 0. The van der Waals surface area contributed by atoms with Crippen molar-refractivity contribution in [2.24, 2.45) is 0 Å². The van der Waals surface area contributed by atoms with Crippen LogP contribution in [0.4, 0.5) is 0 Å². The van der Waals surface area contributed by atoms with Gasteiger partial charge < -0.3 is 19.7 Å². The third-order valence-electron chi connectivity index (χ3n) is 6.82. The van der Waals surface area contributed by atoms with Crippen molar-refractivity contribution >= 4 is 5.97 Å². The quantitative estimate of drug-likeness (QED) is 0.101. The second kappa shape index (κ2) is 27.9. The van der Waals surface area contributed by atoms with Crippen molar-refractivity contribution in [2.75, 3.05) is 19.8 Å². The highest BCUT2D eigenvalue weighted by Gasteiger charge is 2.13. The lowest BCUT2D eigenvalue weighted by molar-refractivity contribution is -0.144. The number of carbonyl (C=O) groups is 1. The summed E-state index contributed by atoms with van der Waals surface area (Å²) in [4.78, 5) is 10.8. The first kappa shape index (κ1) is 34.4. The van der Waals surface area contributed by atoms with E-state index in [0.29, 0.717) is 6.61 Å². The number of rotatable bonds is 29. The lowest BCUT2D eigenvalue weighted by Gasteiger charge is -2.20. The van der Waals surface area contributed by atoms with Crippen LogP contribution in [0.2, 0.25) is 0 Å². The smallest absolute Gasteiger partial charge is 0.329 e. The predicted molar refractivity (Wildman–Crippen MR) is 147 cm³/mol. The lowest BCUT2D eigenvalue weighted by Crippen LogP contribution is -2.26. The third-order valence-corrected chi connectivity index (χ3v) is 6.82. The zero-order valence-corrected chi connectivity index (χ0v) is 23.5. The Kier molecular flexibility index (Phi) is 27.4. The first-order chi connectivity index (χ1) is 17.1. The molecule has 0 aliphatic heterocycles. The number of aliphatic hydroxyl groups excluding tert-OH is 1. The van der Waals surface area contributed by atoms with Gasteiger partial charge in [-0.05, 0) is 12.8 Å². The number of carboxylic acid groups (broad SMARTS) is 1. The van der Waals surface area contributed by atoms with Crippen LogP contribution in [0.3, 0.4) is 0 Å². The van der Waals surface area contributed by atoms with Crippen LogP contribution in [0.5, 0.6) is 0 Å². The van der Waals surface area contributed by atoms with Crippen LogP contribution in [0, 0.1) is 0 Å². The molecule has 0 spiro atoms. The van der Waals surface area contributed by atoms with E-state index in [2.05, 4.69) is 13.8 Å². The number of unbranched alkanes of at least 4 members (excludes halogenated alkanes) is 18. The predicted octanol–water partition coefficient (Wildman–Crippen LogP) is 8.46. The van der Waals surface area contributed by atoms with Crippen molar-refractivity contribution in [3.05, 3.63) is 0 Å². The van der Waals surface area contributed by atoms with Gasteiger partial charge in [0.25, 0.3) is 0 Å². The fourth-order valence-corrected chi connectivity index (χ4v) is 4.55. The van der Waals surface area contributed by atoms with Crippen molar-refractivity contribution in [1.82, 2.24) is 0 Å². The zero-order valence-electron chi connectivity index (χ0n) is 23.5. The molecule has 0 aliphatic carbocycles. The number of hydrogen-bond donors (Lipinski definition) is 2. The molecule has 0 amide bonds. The van der Waals surface area contributed by atoms with Crippen molar-refractivity contribution in [3.8, 4) is 0 Å². The Morgan fingerprint density at radius 1 is 0.600 bits per heavy atom. The highest BCUT2D eigenvalue weighted by molar-refractivity contribution is 5.67. The van der Waals surface area contributed by atoms with Crippen LogP contribution in [-0.4, -0.2) is 48.2 Å². The molecule has 0 rings (SSSR count). The van der Waals surface area contributed by atoms with Gasteiger partial charge in [0.2, 0.25) is 0 Å². The SMILES string of the molecule is CCCCCCCCCCCCC(O)COC(CCCCCCCCCCCC)COCC(=O)O. The molecule has 0 heterocycles. The molecule has 0 saturated heterocycles. The fourth-order valence-electron chi connectivity index (χ4n) is 4.55. The Bertz CT molecular complexity index is 429. The van der Waals surface area contributed by atoms with Gasteiger partial charge in [-0.1, -0.05) is 142 Å². The summed E-state index contributed by atoms with van der Waals surface area (Å²) in [6, 6.07) is 0. The summed E-state index contributed by atoms with van der Waals surface area (Å²) in [7, 11) is 0. The molecule has 0 bridgehead atoms. The number of hydrogen-bond acceptors (Lipinski definition) is 4. The largest absolute Gasteiger partial charge is 0.480 e. The second-order valence-electron chi connectivity index (χ2n) is 10.5. The average Bonchev–Trinajstić information content (AvgIpc) is 2.84. The van der Waals surface area contributed by atoms with Gasteiger partial charge >= 0.3 is 5.97 Å². The molecule has 5 heteroatoms. The van der Waals surface area contributed by atoms with Crippen LogP contribution in [0.1, 0.15) is 155 Å². The molecule has 2 N–H and O–H groups in total. The summed E-state index contributed by atoms with van der Waals surface area (Å²) in [6.45, 7) is 4.82. The van der Waals surface area contributed by atoms with Crippen molar-refractivity contribution in [3.63, 3.8) is 0 Å². The van der Waals surface area contributed by atoms with E-state index in [0.717, 1.165) is 25.7 Å². The molecule has 0 aliphatic rings. The van der Waals surface area contributed by atoms with E-state index in [4.69, 9.17) is 14.6 Å². The molecule has 210 valence electrons. The molecule has 0 aromatic rings. The minimum atomic E-state index is -0.955. The standard InChI is InChI=1S/C30H60O5/c1-3-5-7-9-11-13-15-17-19-21-23-28(31)25-35-29(26-34-27-30(32)33)24-22-20-18-16-14-12-10-8-6-4-2/h28-29,31H,3-27H2,1-2H3,(H,32,33). The number of ether oxygens (including phenoxy) is 2. The van der Waals surface area contributed by atoms with Gasteiger partial charge in [-0.3, -0.25) is 0 Å². The topological polar surface area (TPSA) is 76.0 Å². The maximum absolute atomic E-state index is 10.8. The van der Waals surface area contributed by atoms with Crippen LogP contribution in [0.25, 0.3) is 0 Å². The highest BCUT2D eigenvalue weighted by Crippen LogP contribution is 2.15. The van der Waals surface area contributed by atoms with E-state index < -0.39 is 12.1 Å². The number of carboxylic acids is 1. The van der Waals surface area contributed by atoms with Crippen molar-refractivity contribution in [2.45, 2.75) is 167 Å². The maximum atomic E-state index is 10.8. The minimum absolute atomic E-state index is 0.134. The molecule has 2 unspecified atom stereocenters. The van der Waals surface area contributed by atoms with Gasteiger partial charge in [-0.25, -0.2) is 4.79 Å². The Labute approximate surface area is 217 Å². The Morgan fingerprint density at radius 2 is 1.00 bits per heavy atom. The molecule has 0 aromatic heterocycles. The van der Waals surface area contributed by atoms with Gasteiger partial charge in [0, 0.05) is 0 Å². The summed E-state index contributed by atoms with van der Waals surface area (Å²) in [5, 5.41) is 19.1.